The van der Waals surface area contributed by atoms with Crippen LogP contribution in [0.1, 0.15) is 18.9 Å². The number of benzene rings is 1. The number of ether oxygens (including phenoxy) is 2. The van der Waals surface area contributed by atoms with Gasteiger partial charge in [0.15, 0.2) is 0 Å². The van der Waals surface area contributed by atoms with E-state index in [2.05, 4.69) is 5.32 Å². The molecule has 1 unspecified atom stereocenters. The highest BCUT2D eigenvalue weighted by atomic mass is 16.5. The number of rotatable bonds is 3. The Hall–Kier alpha value is -1.71. The van der Waals surface area contributed by atoms with Crippen molar-refractivity contribution < 1.29 is 14.3 Å². The van der Waals surface area contributed by atoms with Crippen LogP contribution in [-0.4, -0.2) is 25.7 Å². The van der Waals surface area contributed by atoms with Gasteiger partial charge in [0.2, 0.25) is 0 Å². The molecule has 1 aliphatic rings. The van der Waals surface area contributed by atoms with Gasteiger partial charge in [0, 0.05) is 6.42 Å². The topological polar surface area (TPSA) is 47.6 Å². The molecule has 4 heteroatoms. The van der Waals surface area contributed by atoms with Crippen molar-refractivity contribution in [1.82, 2.24) is 0 Å². The van der Waals surface area contributed by atoms with Crippen molar-refractivity contribution in [3.05, 3.63) is 23.8 Å². The van der Waals surface area contributed by atoms with Crippen LogP contribution in [0, 0.1) is 0 Å². The Kier molecular flexibility index (Phi) is 2.96. The maximum Gasteiger partial charge on any atom is 0.331 e. The van der Waals surface area contributed by atoms with Gasteiger partial charge in [0.25, 0.3) is 0 Å². The first kappa shape index (κ1) is 11.8. The SMILES string of the molecule is CCC1(C(=O)OC)Cc2cccc(OC)c2N1. The minimum Gasteiger partial charge on any atom is -0.495 e. The molecule has 1 aromatic rings. The van der Waals surface area contributed by atoms with Gasteiger partial charge in [-0.1, -0.05) is 19.1 Å². The molecule has 92 valence electrons. The fraction of sp³-hybridized carbons (Fsp3) is 0.462. The van der Waals surface area contributed by atoms with E-state index in [9.17, 15) is 4.79 Å². The van der Waals surface area contributed by atoms with Gasteiger partial charge in [-0.2, -0.15) is 0 Å². The standard InChI is InChI=1S/C13H17NO3/c1-4-13(12(15)17-3)8-9-6-5-7-10(16-2)11(9)14-13/h5-7,14H,4,8H2,1-3H3. The van der Waals surface area contributed by atoms with E-state index >= 15 is 0 Å². The molecule has 0 fully saturated rings. The zero-order valence-electron chi connectivity index (χ0n) is 10.4. The summed E-state index contributed by atoms with van der Waals surface area (Å²) in [5.74, 6) is 0.542. The van der Waals surface area contributed by atoms with Gasteiger partial charge < -0.3 is 14.8 Å². The Bertz CT molecular complexity index is 444. The van der Waals surface area contributed by atoms with Gasteiger partial charge in [-0.15, -0.1) is 0 Å². The zero-order valence-corrected chi connectivity index (χ0v) is 10.4. The van der Waals surface area contributed by atoms with Crippen molar-refractivity contribution >= 4 is 11.7 Å². The molecule has 0 aliphatic carbocycles. The highest BCUT2D eigenvalue weighted by Crippen LogP contribution is 2.40. The molecular formula is C13H17NO3. The Morgan fingerprint density at radius 1 is 1.47 bits per heavy atom. The molecule has 17 heavy (non-hydrogen) atoms. The van der Waals surface area contributed by atoms with Crippen LogP contribution in [0.3, 0.4) is 0 Å². The Balaban J connectivity index is 2.40. The van der Waals surface area contributed by atoms with Gasteiger partial charge >= 0.3 is 5.97 Å². The second-order valence-electron chi connectivity index (χ2n) is 4.22. The lowest BCUT2D eigenvalue weighted by Gasteiger charge is -2.25. The molecule has 0 saturated heterocycles. The number of methoxy groups -OCH3 is 2. The lowest BCUT2D eigenvalue weighted by atomic mass is 9.92. The summed E-state index contributed by atoms with van der Waals surface area (Å²) in [6.07, 6.45) is 1.32. The molecule has 0 bridgehead atoms. The predicted octanol–water partition coefficient (Wildman–Crippen LogP) is 1.98. The summed E-state index contributed by atoms with van der Waals surface area (Å²) >= 11 is 0. The van der Waals surface area contributed by atoms with E-state index in [4.69, 9.17) is 9.47 Å². The number of hydrogen-bond donors (Lipinski definition) is 1. The Morgan fingerprint density at radius 2 is 2.24 bits per heavy atom. The number of carbonyl (C=O) groups excluding carboxylic acids is 1. The van der Waals surface area contributed by atoms with Crippen LogP contribution in [0.4, 0.5) is 5.69 Å². The van der Waals surface area contributed by atoms with Crippen molar-refractivity contribution in [3.8, 4) is 5.75 Å². The van der Waals surface area contributed by atoms with E-state index in [0.29, 0.717) is 12.8 Å². The van der Waals surface area contributed by atoms with Crippen molar-refractivity contribution in [2.24, 2.45) is 0 Å². The molecule has 1 aliphatic heterocycles. The lowest BCUT2D eigenvalue weighted by molar-refractivity contribution is -0.145. The first-order chi connectivity index (χ1) is 8.16. The zero-order chi connectivity index (χ0) is 12.5. The molecular weight excluding hydrogens is 218 g/mol. The summed E-state index contributed by atoms with van der Waals surface area (Å²) < 4.78 is 10.2. The normalized spacial score (nSPS) is 21.6. The van der Waals surface area contributed by atoms with Crippen LogP contribution < -0.4 is 10.1 Å². The molecule has 0 aromatic heterocycles. The molecule has 4 nitrogen and oxygen atoms in total. The fourth-order valence-electron chi connectivity index (χ4n) is 2.32. The van der Waals surface area contributed by atoms with E-state index in [0.717, 1.165) is 17.0 Å². The summed E-state index contributed by atoms with van der Waals surface area (Å²) in [5.41, 5.74) is 1.35. The van der Waals surface area contributed by atoms with E-state index in [-0.39, 0.29) is 5.97 Å². The van der Waals surface area contributed by atoms with E-state index in [1.807, 2.05) is 25.1 Å². The highest BCUT2D eigenvalue weighted by molar-refractivity contribution is 5.89. The van der Waals surface area contributed by atoms with Crippen LogP contribution in [0.15, 0.2) is 18.2 Å². The van der Waals surface area contributed by atoms with E-state index in [1.54, 1.807) is 7.11 Å². The lowest BCUT2D eigenvalue weighted by Crippen LogP contribution is -2.45. The van der Waals surface area contributed by atoms with Gasteiger partial charge in [0.05, 0.1) is 19.9 Å². The number of para-hydroxylation sites is 1. The molecule has 1 N–H and O–H groups in total. The van der Waals surface area contributed by atoms with E-state index in [1.165, 1.54) is 7.11 Å². The van der Waals surface area contributed by atoms with Crippen LogP contribution >= 0.6 is 0 Å². The first-order valence-electron chi connectivity index (χ1n) is 5.69. The largest absolute Gasteiger partial charge is 0.495 e. The smallest absolute Gasteiger partial charge is 0.331 e. The monoisotopic (exact) mass is 235 g/mol. The second kappa shape index (κ2) is 4.28. The van der Waals surface area contributed by atoms with Gasteiger partial charge in [-0.25, -0.2) is 4.79 Å². The second-order valence-corrected chi connectivity index (χ2v) is 4.22. The van der Waals surface area contributed by atoms with Gasteiger partial charge in [-0.05, 0) is 18.1 Å². The summed E-state index contributed by atoms with van der Waals surface area (Å²) in [7, 11) is 3.04. The summed E-state index contributed by atoms with van der Waals surface area (Å²) in [4.78, 5) is 11.9. The van der Waals surface area contributed by atoms with Gasteiger partial charge in [0.1, 0.15) is 11.3 Å². The average Bonchev–Trinajstić information content (AvgIpc) is 2.77. The van der Waals surface area contributed by atoms with Crippen LogP contribution in [0.25, 0.3) is 0 Å². The maximum absolute atomic E-state index is 11.9. The molecule has 1 heterocycles. The summed E-state index contributed by atoms with van der Waals surface area (Å²) in [6, 6.07) is 5.82. The van der Waals surface area contributed by atoms with Crippen LogP contribution in [0.5, 0.6) is 5.75 Å². The van der Waals surface area contributed by atoms with Crippen molar-refractivity contribution in [2.45, 2.75) is 25.3 Å². The average molecular weight is 235 g/mol. The minimum atomic E-state index is -0.647. The molecule has 1 atom stereocenters. The van der Waals surface area contributed by atoms with Crippen LogP contribution in [0.2, 0.25) is 0 Å². The minimum absolute atomic E-state index is 0.224. The quantitative estimate of drug-likeness (QED) is 0.814. The molecule has 0 saturated carbocycles. The van der Waals surface area contributed by atoms with Crippen molar-refractivity contribution in [2.75, 3.05) is 19.5 Å². The Labute approximate surface area is 101 Å². The number of anilines is 1. The Morgan fingerprint density at radius 3 is 2.82 bits per heavy atom. The summed E-state index contributed by atoms with van der Waals surface area (Å²) in [6.45, 7) is 1.97. The molecule has 0 amide bonds. The molecule has 1 aromatic carbocycles. The predicted molar refractivity (Wildman–Crippen MR) is 65.4 cm³/mol. The first-order valence-corrected chi connectivity index (χ1v) is 5.69. The third-order valence-corrected chi connectivity index (χ3v) is 3.37. The maximum atomic E-state index is 11.9. The number of nitrogens with one attached hydrogen (secondary N) is 1. The molecule has 0 radical (unpaired) electrons. The highest BCUT2D eigenvalue weighted by Gasteiger charge is 2.44. The van der Waals surface area contributed by atoms with E-state index < -0.39 is 5.54 Å². The number of fused-ring (bicyclic) bond motifs is 1. The van der Waals surface area contributed by atoms with Crippen molar-refractivity contribution in [3.63, 3.8) is 0 Å². The van der Waals surface area contributed by atoms with Gasteiger partial charge in [-0.3, -0.25) is 0 Å². The third-order valence-electron chi connectivity index (χ3n) is 3.37. The third kappa shape index (κ3) is 1.73. The fourth-order valence-corrected chi connectivity index (χ4v) is 2.32. The van der Waals surface area contributed by atoms with Crippen molar-refractivity contribution in [1.29, 1.82) is 0 Å². The summed E-state index contributed by atoms with van der Waals surface area (Å²) in [5, 5.41) is 3.27. The molecule has 2 rings (SSSR count). The number of hydrogen-bond acceptors (Lipinski definition) is 4. The van der Waals surface area contributed by atoms with Crippen LogP contribution in [-0.2, 0) is 16.0 Å². The number of esters is 1. The number of carbonyl (C=O) groups is 1. The molecule has 0 spiro atoms.